The second-order valence-electron chi connectivity index (χ2n) is 6.77. The van der Waals surface area contributed by atoms with Gasteiger partial charge in [-0.2, -0.15) is 5.10 Å². The lowest BCUT2D eigenvalue weighted by Gasteiger charge is -2.12. The van der Waals surface area contributed by atoms with Gasteiger partial charge in [-0.1, -0.05) is 24.3 Å². The number of nitrogens with zero attached hydrogens (tertiary/aromatic N) is 2. The summed E-state index contributed by atoms with van der Waals surface area (Å²) < 4.78 is 50.5. The van der Waals surface area contributed by atoms with Crippen LogP contribution in [0.2, 0.25) is 0 Å². The summed E-state index contributed by atoms with van der Waals surface area (Å²) in [6, 6.07) is 11.5. The molecule has 3 aromatic rings. The molecule has 0 aliphatic heterocycles. The summed E-state index contributed by atoms with van der Waals surface area (Å²) in [4.78, 5) is 12.1. The van der Waals surface area contributed by atoms with Crippen molar-refractivity contribution in [1.29, 1.82) is 0 Å². The van der Waals surface area contributed by atoms with E-state index in [0.29, 0.717) is 0 Å². The molecule has 1 aromatic heterocycles. The molecule has 3 N–H and O–H groups in total. The zero-order valence-electron chi connectivity index (χ0n) is 16.0. The Hall–Kier alpha value is -3.11. The number of nitrogens with one attached hydrogen (secondary N) is 1. The van der Waals surface area contributed by atoms with Gasteiger partial charge in [0.1, 0.15) is 4.90 Å². The molecule has 0 saturated carbocycles. The van der Waals surface area contributed by atoms with E-state index in [1.165, 1.54) is 30.6 Å². The van der Waals surface area contributed by atoms with Gasteiger partial charge in [0.05, 0.1) is 18.3 Å². The molecule has 0 unspecified atom stereocenters. The first-order valence-corrected chi connectivity index (χ1v) is 10.5. The van der Waals surface area contributed by atoms with Crippen LogP contribution in [0, 0.1) is 6.92 Å². The van der Waals surface area contributed by atoms with E-state index >= 15 is 0 Å². The van der Waals surface area contributed by atoms with Gasteiger partial charge in [-0.15, -0.1) is 0 Å². The average Bonchev–Trinajstić information content (AvgIpc) is 3.10. The topological polar surface area (TPSA) is 107 Å². The zero-order chi connectivity index (χ0) is 21.9. The van der Waals surface area contributed by atoms with Crippen LogP contribution in [0.15, 0.2) is 59.8 Å². The van der Waals surface area contributed by atoms with Crippen LogP contribution in [-0.4, -0.2) is 30.5 Å². The molecule has 2 aromatic carbocycles. The number of primary sulfonamides is 1. The van der Waals surface area contributed by atoms with Gasteiger partial charge in [0.25, 0.3) is 0 Å². The fraction of sp³-hybridized carbons (Fsp3) is 0.200. The Morgan fingerprint density at radius 2 is 1.97 bits per heavy atom. The van der Waals surface area contributed by atoms with Crippen molar-refractivity contribution in [3.8, 4) is 5.69 Å². The van der Waals surface area contributed by atoms with Gasteiger partial charge in [-0.25, -0.2) is 27.0 Å². The molecular formula is C20H20F2N4O3S. The Bertz CT molecular complexity index is 1180. The summed E-state index contributed by atoms with van der Waals surface area (Å²) in [6.07, 6.45) is -0.387. The monoisotopic (exact) mass is 434 g/mol. The summed E-state index contributed by atoms with van der Waals surface area (Å²) in [7, 11) is -4.18. The number of halogens is 2. The summed E-state index contributed by atoms with van der Waals surface area (Å²) in [5.41, 5.74) is 2.39. The van der Waals surface area contributed by atoms with Gasteiger partial charge in [0.15, 0.2) is 0 Å². The zero-order valence-corrected chi connectivity index (χ0v) is 16.9. The largest absolute Gasteiger partial charge is 0.326 e. The van der Waals surface area contributed by atoms with E-state index in [9.17, 15) is 22.0 Å². The second kappa shape index (κ2) is 8.72. The molecule has 0 bridgehead atoms. The van der Waals surface area contributed by atoms with Gasteiger partial charge in [0, 0.05) is 18.3 Å². The molecule has 0 saturated heterocycles. The highest BCUT2D eigenvalue weighted by Gasteiger charge is 2.19. The summed E-state index contributed by atoms with van der Waals surface area (Å²) in [6.45, 7) is 1.89. The molecule has 0 radical (unpaired) electrons. The van der Waals surface area contributed by atoms with Gasteiger partial charge >= 0.3 is 0 Å². The quantitative estimate of drug-likeness (QED) is 0.596. The maximum absolute atomic E-state index is 12.6. The predicted octanol–water partition coefficient (Wildman–Crippen LogP) is 2.82. The van der Waals surface area contributed by atoms with Crippen LogP contribution in [0.5, 0.6) is 0 Å². The summed E-state index contributed by atoms with van der Waals surface area (Å²) >= 11 is 0. The Morgan fingerprint density at radius 3 is 2.63 bits per heavy atom. The smallest absolute Gasteiger partial charge is 0.242 e. The van der Waals surface area contributed by atoms with Gasteiger partial charge in [-0.05, 0) is 41.8 Å². The number of carbonyl (C=O) groups excluding carboxylic acids is 1. The third-order valence-electron chi connectivity index (χ3n) is 4.44. The number of amides is 1. The number of sulfonamides is 1. The number of benzene rings is 2. The first kappa shape index (κ1) is 21.6. The molecule has 30 heavy (non-hydrogen) atoms. The third-order valence-corrected chi connectivity index (χ3v) is 5.38. The first-order chi connectivity index (χ1) is 14.1. The van der Waals surface area contributed by atoms with Crippen LogP contribution in [0.4, 0.5) is 14.5 Å². The minimum Gasteiger partial charge on any atom is -0.326 e. The lowest BCUT2D eigenvalue weighted by atomic mass is 10.1. The molecule has 0 atom stereocenters. The Labute approximate surface area is 172 Å². The van der Waals surface area contributed by atoms with E-state index in [1.807, 2.05) is 31.2 Å². The standard InChI is InChI=1S/C20H20F2N4O3S/c1-13-4-2-3-5-15(13)9-20(27)25-16-6-7-17(18(10-16)30(23,28)29)26-12-14(11-24-26)8-19(21)22/h2-7,10-12,19H,8-9H2,1H3,(H,25,27)(H2,23,28,29). The van der Waals surface area contributed by atoms with Gasteiger partial charge in [-0.3, -0.25) is 4.79 Å². The van der Waals surface area contributed by atoms with E-state index in [2.05, 4.69) is 10.4 Å². The van der Waals surface area contributed by atoms with Crippen LogP contribution in [-0.2, 0) is 27.7 Å². The van der Waals surface area contributed by atoms with E-state index in [-0.39, 0.29) is 34.2 Å². The molecule has 1 heterocycles. The summed E-state index contributed by atoms with van der Waals surface area (Å²) in [5.74, 6) is -0.323. The van der Waals surface area contributed by atoms with Gasteiger partial charge < -0.3 is 5.32 Å². The Kier molecular flexibility index (Phi) is 6.28. The second-order valence-corrected chi connectivity index (χ2v) is 8.30. The minimum absolute atomic E-state index is 0.0925. The van der Waals surface area contributed by atoms with Crippen LogP contribution < -0.4 is 10.5 Å². The molecule has 3 rings (SSSR count). The molecule has 1 amide bonds. The van der Waals surface area contributed by atoms with E-state index in [1.54, 1.807) is 0 Å². The molecule has 10 heteroatoms. The highest BCUT2D eigenvalue weighted by molar-refractivity contribution is 7.89. The Morgan fingerprint density at radius 1 is 1.23 bits per heavy atom. The molecule has 0 spiro atoms. The van der Waals surface area contributed by atoms with E-state index in [4.69, 9.17) is 5.14 Å². The fourth-order valence-corrected chi connectivity index (χ4v) is 3.72. The van der Waals surface area contributed by atoms with Gasteiger partial charge in [0.2, 0.25) is 22.4 Å². The number of hydrogen-bond acceptors (Lipinski definition) is 4. The average molecular weight is 434 g/mol. The summed E-state index contributed by atoms with van der Waals surface area (Å²) in [5, 5.41) is 11.9. The number of nitrogens with two attached hydrogens (primary N) is 1. The first-order valence-electron chi connectivity index (χ1n) is 8.97. The molecule has 158 valence electrons. The number of carbonyl (C=O) groups is 1. The van der Waals surface area contributed by atoms with Crippen molar-refractivity contribution in [3.05, 3.63) is 71.5 Å². The van der Waals surface area contributed by atoms with Crippen LogP contribution >= 0.6 is 0 Å². The number of alkyl halides is 2. The van der Waals surface area contributed by atoms with Crippen molar-refractivity contribution < 1.29 is 22.0 Å². The maximum atomic E-state index is 12.6. The number of anilines is 1. The lowest BCUT2D eigenvalue weighted by molar-refractivity contribution is -0.115. The number of aromatic nitrogens is 2. The number of rotatable bonds is 7. The third kappa shape index (κ3) is 5.28. The highest BCUT2D eigenvalue weighted by atomic mass is 32.2. The fourth-order valence-electron chi connectivity index (χ4n) is 2.97. The van der Waals surface area contributed by atoms with Crippen molar-refractivity contribution in [1.82, 2.24) is 9.78 Å². The van der Waals surface area contributed by atoms with Crippen LogP contribution in [0.25, 0.3) is 5.69 Å². The van der Waals surface area contributed by atoms with Crippen molar-refractivity contribution >= 4 is 21.6 Å². The molecule has 0 fully saturated rings. The minimum atomic E-state index is -4.18. The normalized spacial score (nSPS) is 11.6. The van der Waals surface area contributed by atoms with Crippen molar-refractivity contribution in [2.75, 3.05) is 5.32 Å². The van der Waals surface area contributed by atoms with Crippen molar-refractivity contribution in [2.45, 2.75) is 31.1 Å². The number of aryl methyl sites for hydroxylation is 1. The molecule has 7 nitrogen and oxygen atoms in total. The number of hydrogen-bond donors (Lipinski definition) is 2. The van der Waals surface area contributed by atoms with Crippen molar-refractivity contribution in [3.63, 3.8) is 0 Å². The SMILES string of the molecule is Cc1ccccc1CC(=O)Nc1ccc(-n2cc(CC(F)F)cn2)c(S(N)(=O)=O)c1. The van der Waals surface area contributed by atoms with Crippen LogP contribution in [0.3, 0.4) is 0 Å². The van der Waals surface area contributed by atoms with Crippen LogP contribution in [0.1, 0.15) is 16.7 Å². The van der Waals surface area contributed by atoms with E-state index < -0.39 is 22.9 Å². The Balaban J connectivity index is 1.87. The van der Waals surface area contributed by atoms with E-state index in [0.717, 1.165) is 15.8 Å². The molecule has 0 aliphatic carbocycles. The lowest BCUT2D eigenvalue weighted by Crippen LogP contribution is -2.18. The molecular weight excluding hydrogens is 414 g/mol. The predicted molar refractivity (Wildman–Crippen MR) is 108 cm³/mol. The van der Waals surface area contributed by atoms with Crippen molar-refractivity contribution in [2.24, 2.45) is 5.14 Å². The maximum Gasteiger partial charge on any atom is 0.242 e. The highest BCUT2D eigenvalue weighted by Crippen LogP contribution is 2.24. The molecule has 0 aliphatic rings.